The molecule has 0 aliphatic carbocycles. The fourth-order valence-electron chi connectivity index (χ4n) is 3.45. The Morgan fingerprint density at radius 3 is 2.58 bits per heavy atom. The molecule has 7 heteroatoms. The quantitative estimate of drug-likeness (QED) is 0.786. The average Bonchev–Trinajstić information content (AvgIpc) is 3.05. The third kappa shape index (κ3) is 3.53. The zero-order valence-electron chi connectivity index (χ0n) is 14.7. The largest absolute Gasteiger partial charge is 0.373 e. The molecule has 2 aliphatic rings. The smallest absolute Gasteiger partial charge is 0.243 e. The van der Waals surface area contributed by atoms with Gasteiger partial charge in [0.15, 0.2) is 0 Å². The molecule has 1 atom stereocenters. The lowest BCUT2D eigenvalue weighted by Crippen LogP contribution is -2.60. The van der Waals surface area contributed by atoms with Crippen LogP contribution in [0.25, 0.3) is 0 Å². The number of nitrogens with zero attached hydrogens (tertiary/aromatic N) is 2. The predicted molar refractivity (Wildman–Crippen MR) is 103 cm³/mol. The van der Waals surface area contributed by atoms with Gasteiger partial charge in [0.1, 0.15) is 0 Å². The first-order valence-electron chi connectivity index (χ1n) is 8.68. The van der Waals surface area contributed by atoms with Crippen molar-refractivity contribution >= 4 is 21.8 Å². The molecule has 138 valence electrons. The summed E-state index contributed by atoms with van der Waals surface area (Å²) in [5.41, 5.74) is 2.17. The van der Waals surface area contributed by atoms with Crippen LogP contribution in [0.5, 0.6) is 0 Å². The third-order valence-electron chi connectivity index (χ3n) is 5.00. The summed E-state index contributed by atoms with van der Waals surface area (Å²) in [6.07, 6.45) is 4.62. The lowest BCUT2D eigenvalue weighted by Gasteiger charge is -2.46. The van der Waals surface area contributed by atoms with E-state index in [0.29, 0.717) is 24.6 Å². The summed E-state index contributed by atoms with van der Waals surface area (Å²) in [6, 6.07) is 11.0. The third-order valence-corrected chi connectivity index (χ3v) is 8.38. The van der Waals surface area contributed by atoms with E-state index in [1.54, 1.807) is 28.8 Å². The molecule has 4 rings (SSSR count). The number of hydrogen-bond donors (Lipinski definition) is 0. The Balaban J connectivity index is 1.33. The number of pyridine rings is 1. The first-order chi connectivity index (χ1) is 12.5. The summed E-state index contributed by atoms with van der Waals surface area (Å²) in [4.78, 5) is 4.39. The monoisotopic (exact) mass is 390 g/mol. The van der Waals surface area contributed by atoms with Crippen molar-refractivity contribution in [3.63, 3.8) is 0 Å². The van der Waals surface area contributed by atoms with Crippen molar-refractivity contribution in [2.45, 2.75) is 35.7 Å². The van der Waals surface area contributed by atoms with Gasteiger partial charge in [-0.25, -0.2) is 8.42 Å². The second-order valence-corrected chi connectivity index (χ2v) is 10.5. The normalized spacial score (nSPS) is 22.4. The van der Waals surface area contributed by atoms with E-state index in [-0.39, 0.29) is 10.9 Å². The Labute approximate surface area is 158 Å². The molecule has 0 bridgehead atoms. The van der Waals surface area contributed by atoms with E-state index < -0.39 is 10.0 Å². The van der Waals surface area contributed by atoms with Crippen LogP contribution in [0.15, 0.2) is 53.7 Å². The van der Waals surface area contributed by atoms with Crippen LogP contribution in [0.1, 0.15) is 17.5 Å². The molecule has 2 aromatic rings. The fourth-order valence-corrected chi connectivity index (χ4v) is 6.78. The number of benzene rings is 1. The van der Waals surface area contributed by atoms with Crippen LogP contribution >= 0.6 is 11.8 Å². The average molecular weight is 391 g/mol. The number of rotatable bonds is 5. The summed E-state index contributed by atoms with van der Waals surface area (Å²) in [6.45, 7) is 3.68. The Kier molecular flexibility index (Phi) is 4.81. The number of thioether (sulfide) groups is 1. The van der Waals surface area contributed by atoms with Crippen molar-refractivity contribution in [2.75, 3.05) is 18.8 Å². The van der Waals surface area contributed by atoms with E-state index in [9.17, 15) is 8.42 Å². The second-order valence-electron chi connectivity index (χ2n) is 7.07. The molecule has 0 saturated carbocycles. The SMILES string of the molecule is Cc1ccc(S(=O)(=O)N2CC3(C[C@H](OCc4ccncc4)CS3)C2)cc1. The van der Waals surface area contributed by atoms with Gasteiger partial charge in [-0.2, -0.15) is 4.31 Å². The van der Waals surface area contributed by atoms with Gasteiger partial charge in [0, 0.05) is 36.0 Å². The zero-order valence-corrected chi connectivity index (χ0v) is 16.3. The van der Waals surface area contributed by atoms with Crippen LogP contribution in [0.3, 0.4) is 0 Å². The van der Waals surface area contributed by atoms with Gasteiger partial charge in [-0.1, -0.05) is 17.7 Å². The minimum atomic E-state index is -3.38. The summed E-state index contributed by atoms with van der Waals surface area (Å²) < 4.78 is 33.1. The van der Waals surface area contributed by atoms with Crippen molar-refractivity contribution in [3.8, 4) is 0 Å². The second kappa shape index (κ2) is 6.96. The number of aromatic nitrogens is 1. The molecule has 0 amide bonds. The Morgan fingerprint density at radius 2 is 1.88 bits per heavy atom. The first-order valence-corrected chi connectivity index (χ1v) is 11.1. The predicted octanol–water partition coefficient (Wildman–Crippen LogP) is 2.86. The molecule has 5 nitrogen and oxygen atoms in total. The summed E-state index contributed by atoms with van der Waals surface area (Å²) >= 11 is 1.85. The van der Waals surface area contributed by atoms with Crippen LogP contribution in [0.2, 0.25) is 0 Å². The standard InChI is InChI=1S/C19H22N2O3S2/c1-15-2-4-18(5-3-15)26(22,23)21-13-19(14-21)10-17(12-25-19)24-11-16-6-8-20-9-7-16/h2-9,17H,10-14H2,1H3/t17-/m0/s1. The topological polar surface area (TPSA) is 59.5 Å². The van der Waals surface area contributed by atoms with E-state index in [1.807, 2.05) is 43.0 Å². The van der Waals surface area contributed by atoms with Gasteiger partial charge >= 0.3 is 0 Å². The maximum atomic E-state index is 12.7. The molecular weight excluding hydrogens is 368 g/mol. The molecule has 0 unspecified atom stereocenters. The van der Waals surface area contributed by atoms with Gasteiger partial charge in [-0.15, -0.1) is 11.8 Å². The van der Waals surface area contributed by atoms with Gasteiger partial charge in [0.05, 0.1) is 17.6 Å². The van der Waals surface area contributed by atoms with Crippen molar-refractivity contribution in [1.82, 2.24) is 9.29 Å². The lowest BCUT2D eigenvalue weighted by atomic mass is 9.95. The number of sulfonamides is 1. The molecule has 1 spiro atoms. The Hall–Kier alpha value is -1.41. The molecule has 1 aromatic carbocycles. The van der Waals surface area contributed by atoms with Crippen LogP contribution in [-0.2, 0) is 21.4 Å². The molecular formula is C19H22N2O3S2. The number of hydrogen-bond acceptors (Lipinski definition) is 5. The molecule has 3 heterocycles. The van der Waals surface area contributed by atoms with Crippen molar-refractivity contribution in [1.29, 1.82) is 0 Å². The molecule has 1 aromatic heterocycles. The molecule has 26 heavy (non-hydrogen) atoms. The van der Waals surface area contributed by atoms with E-state index in [0.717, 1.165) is 23.3 Å². The van der Waals surface area contributed by atoms with Gasteiger partial charge < -0.3 is 4.74 Å². The minimum Gasteiger partial charge on any atom is -0.373 e. The van der Waals surface area contributed by atoms with E-state index >= 15 is 0 Å². The highest BCUT2D eigenvalue weighted by molar-refractivity contribution is 8.01. The summed E-state index contributed by atoms with van der Waals surface area (Å²) in [7, 11) is -3.38. The maximum Gasteiger partial charge on any atom is 0.243 e. The van der Waals surface area contributed by atoms with E-state index in [4.69, 9.17) is 4.74 Å². The van der Waals surface area contributed by atoms with Crippen molar-refractivity contribution in [2.24, 2.45) is 0 Å². The van der Waals surface area contributed by atoms with Crippen LogP contribution < -0.4 is 0 Å². The Bertz CT molecular complexity index is 863. The molecule has 2 saturated heterocycles. The van der Waals surface area contributed by atoms with E-state index in [1.165, 1.54) is 0 Å². The highest BCUT2D eigenvalue weighted by Gasteiger charge is 2.53. The molecule has 0 radical (unpaired) electrons. The van der Waals surface area contributed by atoms with Gasteiger partial charge in [-0.3, -0.25) is 4.98 Å². The number of aryl methyl sites for hydroxylation is 1. The summed E-state index contributed by atoms with van der Waals surface area (Å²) in [5, 5.41) is 0. The highest BCUT2D eigenvalue weighted by atomic mass is 32.2. The van der Waals surface area contributed by atoms with Gasteiger partial charge in [-0.05, 0) is 43.2 Å². The lowest BCUT2D eigenvalue weighted by molar-refractivity contribution is 0.0397. The van der Waals surface area contributed by atoms with E-state index in [2.05, 4.69) is 4.98 Å². The van der Waals surface area contributed by atoms with Gasteiger partial charge in [0.25, 0.3) is 0 Å². The molecule has 2 aliphatic heterocycles. The van der Waals surface area contributed by atoms with Crippen molar-refractivity contribution < 1.29 is 13.2 Å². The zero-order chi connectivity index (χ0) is 18.2. The van der Waals surface area contributed by atoms with Crippen molar-refractivity contribution in [3.05, 3.63) is 59.9 Å². The summed E-state index contributed by atoms with van der Waals surface area (Å²) in [5.74, 6) is 0.920. The maximum absolute atomic E-state index is 12.7. The molecule has 0 N–H and O–H groups in total. The van der Waals surface area contributed by atoms with Crippen LogP contribution in [-0.4, -0.2) is 47.4 Å². The fraction of sp³-hybridized carbons (Fsp3) is 0.421. The first kappa shape index (κ1) is 18.0. The minimum absolute atomic E-state index is 0.0146. The van der Waals surface area contributed by atoms with Crippen LogP contribution in [0, 0.1) is 6.92 Å². The van der Waals surface area contributed by atoms with Gasteiger partial charge in [0.2, 0.25) is 10.0 Å². The van der Waals surface area contributed by atoms with Crippen LogP contribution in [0.4, 0.5) is 0 Å². The number of ether oxygens (including phenoxy) is 1. The Morgan fingerprint density at radius 1 is 1.19 bits per heavy atom. The highest BCUT2D eigenvalue weighted by Crippen LogP contribution is 2.47. The molecule has 2 fully saturated rings.